The summed E-state index contributed by atoms with van der Waals surface area (Å²) in [5, 5.41) is 9.04. The zero-order valence-electron chi connectivity index (χ0n) is 8.79. The maximum absolute atomic E-state index is 11.0. The molecule has 0 bridgehead atoms. The molecule has 0 spiro atoms. The summed E-state index contributed by atoms with van der Waals surface area (Å²) in [4.78, 5) is 18.9. The van der Waals surface area contributed by atoms with Crippen molar-refractivity contribution in [2.75, 3.05) is 0 Å². The number of carbonyl (C=O) groups is 1. The van der Waals surface area contributed by atoms with Crippen LogP contribution in [0.15, 0.2) is 30.9 Å². The molecule has 2 aromatic heterocycles. The monoisotopic (exact) mass is 217 g/mol. The highest BCUT2D eigenvalue weighted by Crippen LogP contribution is 2.09. The third kappa shape index (κ3) is 1.93. The van der Waals surface area contributed by atoms with E-state index in [-0.39, 0.29) is 5.69 Å². The summed E-state index contributed by atoms with van der Waals surface area (Å²) >= 11 is 0. The van der Waals surface area contributed by atoms with Crippen molar-refractivity contribution in [3.63, 3.8) is 0 Å². The molecule has 0 aliphatic rings. The van der Waals surface area contributed by atoms with Crippen LogP contribution in [0, 0.1) is 6.92 Å². The van der Waals surface area contributed by atoms with Gasteiger partial charge in [0.2, 0.25) is 0 Å². The first-order valence-electron chi connectivity index (χ1n) is 4.82. The van der Waals surface area contributed by atoms with Crippen LogP contribution in [0.2, 0.25) is 0 Å². The average molecular weight is 217 g/mol. The molecule has 5 heteroatoms. The molecular weight excluding hydrogens is 206 g/mol. The Bertz CT molecular complexity index is 505. The molecule has 0 aliphatic carbocycles. The molecule has 0 radical (unpaired) electrons. The molecule has 0 aromatic carbocycles. The minimum Gasteiger partial charge on any atom is -0.477 e. The van der Waals surface area contributed by atoms with Crippen molar-refractivity contribution in [1.82, 2.24) is 14.5 Å². The van der Waals surface area contributed by atoms with Gasteiger partial charge in [0.25, 0.3) is 0 Å². The third-order valence-corrected chi connectivity index (χ3v) is 2.33. The number of aromatic carboxylic acids is 1. The summed E-state index contributed by atoms with van der Waals surface area (Å²) in [5.74, 6) is -0.955. The van der Waals surface area contributed by atoms with Crippen molar-refractivity contribution in [3.8, 4) is 0 Å². The fraction of sp³-hybridized carbons (Fsp3) is 0.182. The van der Waals surface area contributed by atoms with Gasteiger partial charge in [0.05, 0.1) is 12.0 Å². The highest BCUT2D eigenvalue weighted by atomic mass is 16.4. The van der Waals surface area contributed by atoms with Crippen LogP contribution in [-0.2, 0) is 6.54 Å². The van der Waals surface area contributed by atoms with Crippen molar-refractivity contribution in [3.05, 3.63) is 47.8 Å². The van der Waals surface area contributed by atoms with Gasteiger partial charge in [0.15, 0.2) is 0 Å². The zero-order valence-corrected chi connectivity index (χ0v) is 8.79. The van der Waals surface area contributed by atoms with E-state index in [4.69, 9.17) is 5.11 Å². The van der Waals surface area contributed by atoms with Crippen LogP contribution in [0.3, 0.4) is 0 Å². The lowest BCUT2D eigenvalue weighted by atomic mass is 10.2. The maximum Gasteiger partial charge on any atom is 0.354 e. The third-order valence-electron chi connectivity index (χ3n) is 2.33. The first-order valence-corrected chi connectivity index (χ1v) is 4.82. The summed E-state index contributed by atoms with van der Waals surface area (Å²) in [7, 11) is 0. The van der Waals surface area contributed by atoms with Crippen molar-refractivity contribution in [2.24, 2.45) is 0 Å². The fourth-order valence-electron chi connectivity index (χ4n) is 1.57. The van der Waals surface area contributed by atoms with Gasteiger partial charge >= 0.3 is 5.97 Å². The van der Waals surface area contributed by atoms with E-state index in [0.29, 0.717) is 12.2 Å². The quantitative estimate of drug-likeness (QED) is 0.842. The van der Waals surface area contributed by atoms with Gasteiger partial charge in [-0.3, -0.25) is 4.98 Å². The van der Waals surface area contributed by atoms with Crippen molar-refractivity contribution >= 4 is 5.97 Å². The summed E-state index contributed by atoms with van der Waals surface area (Å²) in [6.07, 6.45) is 4.90. The summed E-state index contributed by atoms with van der Waals surface area (Å²) in [6, 6.07) is 3.70. The van der Waals surface area contributed by atoms with E-state index in [0.717, 1.165) is 5.56 Å². The minimum atomic E-state index is -0.955. The van der Waals surface area contributed by atoms with Gasteiger partial charge in [-0.05, 0) is 24.6 Å². The van der Waals surface area contributed by atoms with Gasteiger partial charge in [-0.25, -0.2) is 9.78 Å². The smallest absolute Gasteiger partial charge is 0.354 e. The van der Waals surface area contributed by atoms with Crippen molar-refractivity contribution < 1.29 is 9.90 Å². The van der Waals surface area contributed by atoms with Gasteiger partial charge in [0, 0.05) is 18.9 Å². The second-order valence-corrected chi connectivity index (χ2v) is 3.47. The van der Waals surface area contributed by atoms with Gasteiger partial charge in [-0.2, -0.15) is 0 Å². The number of aromatic nitrogens is 3. The second-order valence-electron chi connectivity index (χ2n) is 3.47. The molecule has 0 saturated heterocycles. The van der Waals surface area contributed by atoms with E-state index < -0.39 is 5.97 Å². The maximum atomic E-state index is 11.0. The zero-order chi connectivity index (χ0) is 11.5. The van der Waals surface area contributed by atoms with Gasteiger partial charge in [0.1, 0.15) is 5.69 Å². The van der Waals surface area contributed by atoms with E-state index >= 15 is 0 Å². The number of carboxylic acid groups (broad SMARTS) is 1. The van der Waals surface area contributed by atoms with Crippen molar-refractivity contribution in [2.45, 2.75) is 13.5 Å². The Labute approximate surface area is 92.4 Å². The van der Waals surface area contributed by atoms with Crippen LogP contribution < -0.4 is 0 Å². The summed E-state index contributed by atoms with van der Waals surface area (Å²) in [5.41, 5.74) is 1.76. The van der Waals surface area contributed by atoms with E-state index in [2.05, 4.69) is 9.97 Å². The molecule has 0 aliphatic heterocycles. The molecule has 82 valence electrons. The van der Waals surface area contributed by atoms with E-state index in [1.165, 1.54) is 0 Å². The van der Waals surface area contributed by atoms with Gasteiger partial charge < -0.3 is 9.67 Å². The summed E-state index contributed by atoms with van der Waals surface area (Å²) < 4.78 is 1.62. The average Bonchev–Trinajstić information content (AvgIpc) is 2.61. The molecular formula is C11H11N3O2. The fourth-order valence-corrected chi connectivity index (χ4v) is 1.57. The first-order chi connectivity index (χ1) is 7.68. The lowest BCUT2D eigenvalue weighted by molar-refractivity contribution is 0.0685. The molecule has 1 N–H and O–H groups in total. The number of hydrogen-bond donors (Lipinski definition) is 1. The number of rotatable bonds is 3. The Kier molecular flexibility index (Phi) is 2.68. The Morgan fingerprint density at radius 1 is 1.44 bits per heavy atom. The second kappa shape index (κ2) is 4.14. The largest absolute Gasteiger partial charge is 0.477 e. The predicted octanol–water partition coefficient (Wildman–Crippen LogP) is 1.33. The number of aryl methyl sites for hydroxylation is 1. The Morgan fingerprint density at radius 2 is 2.12 bits per heavy atom. The van der Waals surface area contributed by atoms with Crippen LogP contribution in [0.5, 0.6) is 0 Å². The van der Waals surface area contributed by atoms with Crippen LogP contribution in [0.4, 0.5) is 0 Å². The topological polar surface area (TPSA) is 68.0 Å². The van der Waals surface area contributed by atoms with E-state index in [9.17, 15) is 4.79 Å². The van der Waals surface area contributed by atoms with E-state index in [1.807, 2.05) is 12.1 Å². The van der Waals surface area contributed by atoms with Gasteiger partial charge in [-0.15, -0.1) is 0 Å². The highest BCUT2D eigenvalue weighted by molar-refractivity contribution is 5.86. The minimum absolute atomic E-state index is 0.233. The SMILES string of the molecule is Cc1ncn(Cc2ccncc2)c1C(=O)O. The molecule has 2 aromatic rings. The standard InChI is InChI=1S/C11H11N3O2/c1-8-10(11(15)16)14(7-13-8)6-9-2-4-12-5-3-9/h2-5,7H,6H2,1H3,(H,15,16). The lowest BCUT2D eigenvalue weighted by Crippen LogP contribution is -2.09. The molecule has 16 heavy (non-hydrogen) atoms. The van der Waals surface area contributed by atoms with E-state index in [1.54, 1.807) is 30.2 Å². The van der Waals surface area contributed by atoms with Crippen molar-refractivity contribution in [1.29, 1.82) is 0 Å². The Morgan fingerprint density at radius 3 is 2.75 bits per heavy atom. The highest BCUT2D eigenvalue weighted by Gasteiger charge is 2.14. The number of pyridine rings is 1. The molecule has 0 unspecified atom stereocenters. The number of hydrogen-bond acceptors (Lipinski definition) is 3. The molecule has 0 fully saturated rings. The Balaban J connectivity index is 2.32. The van der Waals surface area contributed by atoms with Gasteiger partial charge in [-0.1, -0.05) is 0 Å². The molecule has 0 atom stereocenters. The summed E-state index contributed by atoms with van der Waals surface area (Å²) in [6.45, 7) is 2.18. The molecule has 0 saturated carbocycles. The predicted molar refractivity (Wildman–Crippen MR) is 57.3 cm³/mol. The number of imidazole rings is 1. The van der Waals surface area contributed by atoms with Crippen LogP contribution in [0.1, 0.15) is 21.7 Å². The number of nitrogens with zero attached hydrogens (tertiary/aromatic N) is 3. The van der Waals surface area contributed by atoms with Crippen LogP contribution >= 0.6 is 0 Å². The van der Waals surface area contributed by atoms with Crippen LogP contribution in [0.25, 0.3) is 0 Å². The molecule has 2 heterocycles. The lowest BCUT2D eigenvalue weighted by Gasteiger charge is -2.05. The molecule has 2 rings (SSSR count). The van der Waals surface area contributed by atoms with Crippen LogP contribution in [-0.4, -0.2) is 25.6 Å². The first kappa shape index (κ1) is 10.4. The molecule has 0 amide bonds. The number of carboxylic acids is 1. The molecule has 5 nitrogen and oxygen atoms in total. The Hall–Kier alpha value is -2.17. The normalized spacial score (nSPS) is 10.3.